The summed E-state index contributed by atoms with van der Waals surface area (Å²) in [6, 6.07) is 1.77. The molecule has 0 radical (unpaired) electrons. The van der Waals surface area contributed by atoms with Crippen molar-refractivity contribution in [3.8, 4) is 0 Å². The highest BCUT2D eigenvalue weighted by Crippen LogP contribution is 2.44. The molecular formula is C18H27N5O3S. The van der Waals surface area contributed by atoms with Gasteiger partial charge in [-0.05, 0) is 37.7 Å². The fourth-order valence-corrected chi connectivity index (χ4v) is 5.32. The summed E-state index contributed by atoms with van der Waals surface area (Å²) in [6.07, 6.45) is 8.37. The van der Waals surface area contributed by atoms with E-state index < -0.39 is 15.4 Å². The highest BCUT2D eigenvalue weighted by molar-refractivity contribution is 7.88. The predicted molar refractivity (Wildman–Crippen MR) is 102 cm³/mol. The van der Waals surface area contributed by atoms with E-state index >= 15 is 0 Å². The third-order valence-corrected chi connectivity index (χ3v) is 7.42. The quantitative estimate of drug-likeness (QED) is 0.782. The first-order chi connectivity index (χ1) is 12.9. The zero-order valence-electron chi connectivity index (χ0n) is 15.7. The Morgan fingerprint density at radius 1 is 1.30 bits per heavy atom. The summed E-state index contributed by atoms with van der Waals surface area (Å²) in [5.74, 6) is 1.20. The van der Waals surface area contributed by atoms with Crippen LogP contribution in [-0.4, -0.2) is 67.6 Å². The van der Waals surface area contributed by atoms with Gasteiger partial charge in [0.2, 0.25) is 21.9 Å². The molecule has 2 aliphatic heterocycles. The lowest BCUT2D eigenvalue weighted by Crippen LogP contribution is -2.48. The van der Waals surface area contributed by atoms with Crippen molar-refractivity contribution in [1.29, 1.82) is 0 Å². The Bertz CT molecular complexity index is 798. The summed E-state index contributed by atoms with van der Waals surface area (Å²) >= 11 is 0. The van der Waals surface area contributed by atoms with E-state index in [1.54, 1.807) is 18.5 Å². The van der Waals surface area contributed by atoms with E-state index in [0.717, 1.165) is 6.54 Å². The first kappa shape index (κ1) is 18.6. The van der Waals surface area contributed by atoms with Gasteiger partial charge in [-0.25, -0.2) is 22.7 Å². The van der Waals surface area contributed by atoms with Crippen molar-refractivity contribution in [1.82, 2.24) is 19.6 Å². The van der Waals surface area contributed by atoms with Crippen LogP contribution in [0, 0.1) is 17.3 Å². The van der Waals surface area contributed by atoms with Crippen LogP contribution in [0.25, 0.3) is 0 Å². The van der Waals surface area contributed by atoms with Gasteiger partial charge >= 0.3 is 0 Å². The molecule has 1 aromatic rings. The second kappa shape index (κ2) is 7.01. The number of aromatic nitrogens is 2. The molecule has 1 aliphatic carbocycles. The molecule has 2 atom stereocenters. The monoisotopic (exact) mass is 393 g/mol. The van der Waals surface area contributed by atoms with Gasteiger partial charge in [-0.2, -0.15) is 0 Å². The molecule has 0 unspecified atom stereocenters. The third-order valence-electron chi connectivity index (χ3n) is 6.15. The van der Waals surface area contributed by atoms with E-state index in [4.69, 9.17) is 0 Å². The molecular weight excluding hydrogens is 366 g/mol. The summed E-state index contributed by atoms with van der Waals surface area (Å²) in [6.45, 7) is 2.71. The van der Waals surface area contributed by atoms with Crippen LogP contribution in [-0.2, 0) is 14.8 Å². The number of anilines is 1. The van der Waals surface area contributed by atoms with Crippen molar-refractivity contribution >= 4 is 21.9 Å². The van der Waals surface area contributed by atoms with Crippen molar-refractivity contribution in [2.75, 3.05) is 43.9 Å². The van der Waals surface area contributed by atoms with E-state index in [9.17, 15) is 13.2 Å². The molecule has 1 amide bonds. The maximum atomic E-state index is 13.3. The number of sulfonamides is 1. The number of nitrogens with one attached hydrogen (secondary N) is 1. The molecule has 1 aromatic heterocycles. The fraction of sp³-hybridized carbons (Fsp3) is 0.722. The van der Waals surface area contributed by atoms with Crippen LogP contribution in [0.1, 0.15) is 25.7 Å². The van der Waals surface area contributed by atoms with Crippen LogP contribution in [0.4, 0.5) is 5.95 Å². The van der Waals surface area contributed by atoms with Crippen molar-refractivity contribution in [3.63, 3.8) is 0 Å². The molecule has 9 heteroatoms. The zero-order chi connectivity index (χ0) is 19.1. The van der Waals surface area contributed by atoms with Crippen molar-refractivity contribution in [3.05, 3.63) is 18.5 Å². The molecule has 0 spiro atoms. The number of hydrogen-bond acceptors (Lipinski definition) is 6. The first-order valence-corrected chi connectivity index (χ1v) is 11.5. The molecule has 4 rings (SSSR count). The molecule has 2 saturated heterocycles. The molecule has 0 bridgehead atoms. The molecule has 0 aromatic carbocycles. The van der Waals surface area contributed by atoms with Crippen molar-refractivity contribution in [2.45, 2.75) is 25.7 Å². The number of fused-ring (bicyclic) bond motifs is 1. The largest absolute Gasteiger partial charge is 0.355 e. The lowest BCUT2D eigenvalue weighted by Gasteiger charge is -2.32. The van der Waals surface area contributed by atoms with E-state index in [1.165, 1.54) is 23.4 Å². The van der Waals surface area contributed by atoms with Crippen LogP contribution in [0.2, 0.25) is 0 Å². The molecule has 3 fully saturated rings. The molecule has 8 nitrogen and oxygen atoms in total. The van der Waals surface area contributed by atoms with Gasteiger partial charge in [-0.3, -0.25) is 4.79 Å². The Morgan fingerprint density at radius 3 is 2.70 bits per heavy atom. The molecule has 1 saturated carbocycles. The van der Waals surface area contributed by atoms with Gasteiger partial charge in [-0.1, -0.05) is 0 Å². The van der Waals surface area contributed by atoms with Crippen LogP contribution >= 0.6 is 0 Å². The lowest BCUT2D eigenvalue weighted by atomic mass is 9.74. The predicted octanol–water partition coefficient (Wildman–Crippen LogP) is 0.481. The van der Waals surface area contributed by atoms with Crippen molar-refractivity contribution in [2.24, 2.45) is 17.3 Å². The first-order valence-electron chi connectivity index (χ1n) is 9.64. The Balaban J connectivity index is 1.61. The van der Waals surface area contributed by atoms with E-state index in [1.807, 2.05) is 4.90 Å². The Labute approximate surface area is 160 Å². The minimum Gasteiger partial charge on any atom is -0.355 e. The number of nitrogens with zero attached hydrogens (tertiary/aromatic N) is 4. The Hall–Kier alpha value is -1.74. The minimum absolute atomic E-state index is 0.0631. The van der Waals surface area contributed by atoms with Crippen LogP contribution in [0.15, 0.2) is 18.5 Å². The molecule has 3 aliphatic rings. The third kappa shape index (κ3) is 3.80. The summed E-state index contributed by atoms with van der Waals surface area (Å²) in [5.41, 5.74) is -0.590. The lowest BCUT2D eigenvalue weighted by molar-refractivity contribution is -0.132. The van der Waals surface area contributed by atoms with Gasteiger partial charge in [0.25, 0.3) is 0 Å². The second-order valence-corrected chi connectivity index (χ2v) is 10.1. The fourth-order valence-electron chi connectivity index (χ4n) is 4.41. The average Bonchev–Trinajstić information content (AvgIpc) is 3.43. The SMILES string of the molecule is CS(=O)(=O)N1CCC[C@]2(C(=O)NCC3CC3)CN(c3ncccn3)C[C@@H]2C1. The Morgan fingerprint density at radius 2 is 2.04 bits per heavy atom. The zero-order valence-corrected chi connectivity index (χ0v) is 16.5. The van der Waals surface area contributed by atoms with E-state index in [0.29, 0.717) is 50.9 Å². The standard InChI is InChI=1S/C18H27N5O3S/c1-27(25,26)23-9-2-6-18(16(24)21-10-14-4-5-14)13-22(11-15(18)12-23)17-19-7-3-8-20-17/h3,7-8,14-15H,2,4-6,9-13H2,1H3,(H,21,24)/t15-,18+/m1/s1. The Kier molecular flexibility index (Phi) is 4.84. The summed E-state index contributed by atoms with van der Waals surface area (Å²) < 4.78 is 25.9. The van der Waals surface area contributed by atoms with Gasteiger partial charge in [0.05, 0.1) is 11.7 Å². The van der Waals surface area contributed by atoms with E-state index in [-0.39, 0.29) is 11.8 Å². The topological polar surface area (TPSA) is 95.5 Å². The second-order valence-electron chi connectivity index (χ2n) is 8.16. The van der Waals surface area contributed by atoms with Gasteiger partial charge in [-0.15, -0.1) is 0 Å². The van der Waals surface area contributed by atoms with Gasteiger partial charge in [0.1, 0.15) is 0 Å². The van der Waals surface area contributed by atoms with E-state index in [2.05, 4.69) is 15.3 Å². The summed E-state index contributed by atoms with van der Waals surface area (Å²) in [7, 11) is -3.29. The highest BCUT2D eigenvalue weighted by Gasteiger charge is 2.54. The van der Waals surface area contributed by atoms with Gasteiger partial charge < -0.3 is 10.2 Å². The summed E-state index contributed by atoms with van der Waals surface area (Å²) in [4.78, 5) is 24.0. The number of amides is 1. The number of rotatable bonds is 5. The van der Waals surface area contributed by atoms with Gasteiger partial charge in [0.15, 0.2) is 0 Å². The average molecular weight is 394 g/mol. The van der Waals surface area contributed by atoms with Crippen LogP contribution < -0.4 is 10.2 Å². The highest BCUT2D eigenvalue weighted by atomic mass is 32.2. The molecule has 148 valence electrons. The molecule has 3 heterocycles. The van der Waals surface area contributed by atoms with Crippen LogP contribution in [0.3, 0.4) is 0 Å². The molecule has 27 heavy (non-hydrogen) atoms. The maximum Gasteiger partial charge on any atom is 0.228 e. The molecule has 1 N–H and O–H groups in total. The number of carbonyl (C=O) groups excluding carboxylic acids is 1. The number of carbonyl (C=O) groups is 1. The normalized spacial score (nSPS) is 29.2. The summed E-state index contributed by atoms with van der Waals surface area (Å²) in [5, 5.41) is 3.16. The van der Waals surface area contributed by atoms with Gasteiger partial charge in [0, 0.05) is 51.0 Å². The minimum atomic E-state index is -3.29. The van der Waals surface area contributed by atoms with Crippen molar-refractivity contribution < 1.29 is 13.2 Å². The number of hydrogen-bond donors (Lipinski definition) is 1. The smallest absolute Gasteiger partial charge is 0.228 e. The van der Waals surface area contributed by atoms with Crippen LogP contribution in [0.5, 0.6) is 0 Å². The maximum absolute atomic E-state index is 13.3.